The van der Waals surface area contributed by atoms with Crippen LogP contribution >= 0.6 is 0 Å². The van der Waals surface area contributed by atoms with Crippen LogP contribution in [-0.2, 0) is 12.0 Å². The van der Waals surface area contributed by atoms with Gasteiger partial charge in [-0.05, 0) is 56.3 Å². The zero-order valence-electron chi connectivity index (χ0n) is 11.2. The lowest BCUT2D eigenvalue weighted by Gasteiger charge is -2.56. The predicted octanol–water partition coefficient (Wildman–Crippen LogP) is 1.70. The molecule has 0 saturated heterocycles. The normalized spacial score (nSPS) is 39.7. The van der Waals surface area contributed by atoms with E-state index in [1.54, 1.807) is 6.20 Å². The van der Waals surface area contributed by atoms with E-state index in [1.807, 2.05) is 0 Å². The van der Waals surface area contributed by atoms with Crippen LogP contribution in [0.1, 0.15) is 49.9 Å². The Morgan fingerprint density at radius 3 is 2.26 bits per heavy atom. The Labute approximate surface area is 112 Å². The van der Waals surface area contributed by atoms with Gasteiger partial charge >= 0.3 is 0 Å². The van der Waals surface area contributed by atoms with E-state index in [4.69, 9.17) is 5.73 Å². The summed E-state index contributed by atoms with van der Waals surface area (Å²) in [6.45, 7) is 0.267. The van der Waals surface area contributed by atoms with Crippen molar-refractivity contribution in [2.45, 2.75) is 50.5 Å². The number of rotatable bonds is 2. The average Bonchev–Trinajstić information content (AvgIpc) is 2.37. The van der Waals surface area contributed by atoms with Gasteiger partial charge in [0.25, 0.3) is 5.56 Å². The molecule has 19 heavy (non-hydrogen) atoms. The fourth-order valence-corrected chi connectivity index (χ4v) is 5.24. The Morgan fingerprint density at radius 2 is 1.79 bits per heavy atom. The molecular formula is C15H21N3O. The molecule has 4 heteroatoms. The van der Waals surface area contributed by atoms with Crippen LogP contribution in [0.5, 0.6) is 0 Å². The Kier molecular flexibility index (Phi) is 2.40. The third kappa shape index (κ3) is 1.69. The minimum Gasteiger partial charge on any atom is -0.326 e. The summed E-state index contributed by atoms with van der Waals surface area (Å²) >= 11 is 0. The Balaban J connectivity index is 1.75. The summed E-state index contributed by atoms with van der Waals surface area (Å²) in [6.07, 6.45) is 9.59. The van der Waals surface area contributed by atoms with Crippen LogP contribution in [0.3, 0.4) is 0 Å². The number of nitrogens with zero attached hydrogens (tertiary/aromatic N) is 1. The summed E-state index contributed by atoms with van der Waals surface area (Å²) in [4.78, 5) is 19.6. The van der Waals surface area contributed by atoms with E-state index in [-0.39, 0.29) is 17.5 Å². The first-order valence-corrected chi connectivity index (χ1v) is 7.47. The van der Waals surface area contributed by atoms with Gasteiger partial charge in [0.15, 0.2) is 0 Å². The lowest BCUT2D eigenvalue weighted by Crippen LogP contribution is -2.49. The van der Waals surface area contributed by atoms with E-state index >= 15 is 0 Å². The Morgan fingerprint density at radius 1 is 1.21 bits per heavy atom. The van der Waals surface area contributed by atoms with Gasteiger partial charge in [0, 0.05) is 23.7 Å². The largest absolute Gasteiger partial charge is 0.326 e. The molecule has 4 nitrogen and oxygen atoms in total. The summed E-state index contributed by atoms with van der Waals surface area (Å²) in [5.74, 6) is 3.54. The molecule has 1 aromatic rings. The SMILES string of the molecule is NCc1cnc(C23CC4CC(CC(C4)C2)C3)[nH]c1=O. The summed E-state index contributed by atoms with van der Waals surface area (Å²) in [5.41, 5.74) is 6.27. The van der Waals surface area contributed by atoms with Gasteiger partial charge in [-0.15, -0.1) is 0 Å². The third-order valence-electron chi connectivity index (χ3n) is 5.63. The number of aromatic amines is 1. The summed E-state index contributed by atoms with van der Waals surface area (Å²) in [5, 5.41) is 0. The highest BCUT2D eigenvalue weighted by atomic mass is 16.1. The van der Waals surface area contributed by atoms with Gasteiger partial charge in [0.2, 0.25) is 0 Å². The molecule has 0 aromatic carbocycles. The van der Waals surface area contributed by atoms with Crippen LogP contribution in [0.2, 0.25) is 0 Å². The molecule has 4 aliphatic carbocycles. The monoisotopic (exact) mass is 259 g/mol. The zero-order chi connectivity index (χ0) is 13.0. The van der Waals surface area contributed by atoms with Crippen molar-refractivity contribution in [1.29, 1.82) is 0 Å². The molecule has 1 heterocycles. The van der Waals surface area contributed by atoms with Gasteiger partial charge in [-0.25, -0.2) is 4.98 Å². The highest BCUT2D eigenvalue weighted by molar-refractivity contribution is 5.18. The summed E-state index contributed by atoms with van der Waals surface area (Å²) < 4.78 is 0. The van der Waals surface area contributed by atoms with Crippen molar-refractivity contribution in [3.8, 4) is 0 Å². The predicted molar refractivity (Wildman–Crippen MR) is 72.6 cm³/mol. The highest BCUT2D eigenvalue weighted by Gasteiger charge is 2.52. The number of aromatic nitrogens is 2. The standard InChI is InChI=1S/C15H21N3O/c16-7-12-8-17-14(18-13(12)19)15-4-9-1-10(5-15)3-11(2-9)6-15/h8-11H,1-7,16H2,(H,17,18,19). The van der Waals surface area contributed by atoms with Crippen molar-refractivity contribution in [3.63, 3.8) is 0 Å². The van der Waals surface area contributed by atoms with Crippen molar-refractivity contribution >= 4 is 0 Å². The molecule has 102 valence electrons. The van der Waals surface area contributed by atoms with Crippen molar-refractivity contribution in [3.05, 3.63) is 27.9 Å². The van der Waals surface area contributed by atoms with Crippen LogP contribution in [-0.4, -0.2) is 9.97 Å². The molecule has 4 bridgehead atoms. The number of H-pyrrole nitrogens is 1. The highest BCUT2D eigenvalue weighted by Crippen LogP contribution is 2.59. The first-order valence-electron chi connectivity index (χ1n) is 7.47. The van der Waals surface area contributed by atoms with E-state index in [0.717, 1.165) is 23.6 Å². The minimum atomic E-state index is -0.0387. The van der Waals surface area contributed by atoms with Crippen molar-refractivity contribution < 1.29 is 0 Å². The quantitative estimate of drug-likeness (QED) is 0.849. The van der Waals surface area contributed by atoms with E-state index < -0.39 is 0 Å². The summed E-state index contributed by atoms with van der Waals surface area (Å²) in [7, 11) is 0. The number of hydrogen-bond acceptors (Lipinski definition) is 3. The van der Waals surface area contributed by atoms with Crippen LogP contribution in [0.15, 0.2) is 11.0 Å². The molecule has 4 saturated carbocycles. The van der Waals surface area contributed by atoms with E-state index in [9.17, 15) is 4.79 Å². The molecule has 4 fully saturated rings. The average molecular weight is 259 g/mol. The minimum absolute atomic E-state index is 0.0387. The second-order valence-corrected chi connectivity index (χ2v) is 6.99. The van der Waals surface area contributed by atoms with Crippen molar-refractivity contribution in [2.75, 3.05) is 0 Å². The topological polar surface area (TPSA) is 71.8 Å². The summed E-state index contributed by atoms with van der Waals surface area (Å²) in [6, 6.07) is 0. The fraction of sp³-hybridized carbons (Fsp3) is 0.733. The van der Waals surface area contributed by atoms with E-state index in [0.29, 0.717) is 5.56 Å². The van der Waals surface area contributed by atoms with Crippen LogP contribution in [0.25, 0.3) is 0 Å². The molecule has 0 aliphatic heterocycles. The smallest absolute Gasteiger partial charge is 0.255 e. The molecule has 0 amide bonds. The number of nitrogens with two attached hydrogens (primary N) is 1. The van der Waals surface area contributed by atoms with Gasteiger partial charge < -0.3 is 10.7 Å². The number of hydrogen-bond donors (Lipinski definition) is 2. The van der Waals surface area contributed by atoms with Crippen LogP contribution < -0.4 is 11.3 Å². The van der Waals surface area contributed by atoms with Gasteiger partial charge in [-0.1, -0.05) is 0 Å². The van der Waals surface area contributed by atoms with Gasteiger partial charge in [0.05, 0.1) is 0 Å². The van der Waals surface area contributed by atoms with Crippen molar-refractivity contribution in [1.82, 2.24) is 9.97 Å². The first kappa shape index (κ1) is 11.6. The lowest BCUT2D eigenvalue weighted by molar-refractivity contribution is -0.00953. The first-order chi connectivity index (χ1) is 9.18. The van der Waals surface area contributed by atoms with Crippen LogP contribution in [0, 0.1) is 17.8 Å². The molecule has 3 N–H and O–H groups in total. The van der Waals surface area contributed by atoms with E-state index in [2.05, 4.69) is 9.97 Å². The maximum Gasteiger partial charge on any atom is 0.255 e. The Hall–Kier alpha value is -1.16. The molecule has 0 unspecified atom stereocenters. The van der Waals surface area contributed by atoms with Crippen LogP contribution in [0.4, 0.5) is 0 Å². The maximum atomic E-state index is 12.0. The maximum absolute atomic E-state index is 12.0. The zero-order valence-corrected chi connectivity index (χ0v) is 11.2. The van der Waals surface area contributed by atoms with Crippen molar-refractivity contribution in [2.24, 2.45) is 23.5 Å². The third-order valence-corrected chi connectivity index (χ3v) is 5.63. The van der Waals surface area contributed by atoms with Gasteiger partial charge in [-0.2, -0.15) is 0 Å². The fourth-order valence-electron chi connectivity index (χ4n) is 5.24. The molecule has 0 radical (unpaired) electrons. The second kappa shape index (κ2) is 3.92. The number of nitrogens with one attached hydrogen (secondary N) is 1. The van der Waals surface area contributed by atoms with Gasteiger partial charge in [0.1, 0.15) is 5.82 Å². The molecule has 5 rings (SSSR count). The molecule has 0 spiro atoms. The van der Waals surface area contributed by atoms with E-state index in [1.165, 1.54) is 38.5 Å². The van der Waals surface area contributed by atoms with Gasteiger partial charge in [-0.3, -0.25) is 4.79 Å². The lowest BCUT2D eigenvalue weighted by atomic mass is 9.49. The second-order valence-electron chi connectivity index (χ2n) is 6.99. The Bertz CT molecular complexity index is 527. The molecule has 4 aliphatic rings. The molecule has 1 aromatic heterocycles. The molecule has 0 atom stereocenters. The molecular weight excluding hydrogens is 238 g/mol.